The summed E-state index contributed by atoms with van der Waals surface area (Å²) in [4.78, 5) is 16.0. The fourth-order valence-electron chi connectivity index (χ4n) is 2.44. The first-order valence-electron chi connectivity index (χ1n) is 7.01. The van der Waals surface area contributed by atoms with Crippen LogP contribution < -0.4 is 0 Å². The molecular formula is C16H11N7. The largest absolute Gasteiger partial charge is 0.329 e. The molecule has 0 radical (unpaired) electrons. The van der Waals surface area contributed by atoms with Gasteiger partial charge >= 0.3 is 0 Å². The normalized spacial score (nSPS) is 10.7. The standard InChI is InChI=1S/C16H11N7/c17-6-4-12-2-1-3-14(22-12)23-9-11(8-21-23)13-5-7-18-16-15(13)19-10-20-16/h1-3,5,7-10H,4H2,(H,18,19,20). The first-order valence-corrected chi connectivity index (χ1v) is 7.01. The van der Waals surface area contributed by atoms with Crippen molar-refractivity contribution < 1.29 is 0 Å². The number of aromatic amines is 1. The molecule has 110 valence electrons. The van der Waals surface area contributed by atoms with E-state index in [4.69, 9.17) is 5.26 Å². The maximum absolute atomic E-state index is 8.79. The fourth-order valence-corrected chi connectivity index (χ4v) is 2.44. The Morgan fingerprint density at radius 3 is 3.09 bits per heavy atom. The molecule has 0 fully saturated rings. The summed E-state index contributed by atoms with van der Waals surface area (Å²) in [5.41, 5.74) is 4.15. The zero-order valence-electron chi connectivity index (χ0n) is 12.0. The molecule has 0 spiro atoms. The number of hydrogen-bond acceptors (Lipinski definition) is 5. The number of H-pyrrole nitrogens is 1. The summed E-state index contributed by atoms with van der Waals surface area (Å²) >= 11 is 0. The highest BCUT2D eigenvalue weighted by Gasteiger charge is 2.10. The molecule has 0 saturated carbocycles. The van der Waals surface area contributed by atoms with Crippen molar-refractivity contribution in [2.45, 2.75) is 6.42 Å². The van der Waals surface area contributed by atoms with Crippen molar-refractivity contribution in [3.05, 3.63) is 54.9 Å². The molecule has 0 aromatic carbocycles. The molecule has 0 aliphatic rings. The minimum Gasteiger partial charge on any atom is -0.329 e. The van der Waals surface area contributed by atoms with Gasteiger partial charge in [-0.05, 0) is 18.2 Å². The van der Waals surface area contributed by atoms with Crippen LogP contribution in [0.15, 0.2) is 49.2 Å². The van der Waals surface area contributed by atoms with Crippen LogP contribution in [0.3, 0.4) is 0 Å². The molecule has 1 N–H and O–H groups in total. The number of hydrogen-bond donors (Lipinski definition) is 1. The molecule has 7 nitrogen and oxygen atoms in total. The molecular weight excluding hydrogens is 290 g/mol. The highest BCUT2D eigenvalue weighted by molar-refractivity contribution is 5.88. The van der Waals surface area contributed by atoms with Gasteiger partial charge in [0.2, 0.25) is 0 Å². The van der Waals surface area contributed by atoms with Crippen LogP contribution in [0.2, 0.25) is 0 Å². The molecule has 4 aromatic heterocycles. The fraction of sp³-hybridized carbons (Fsp3) is 0.0625. The summed E-state index contributed by atoms with van der Waals surface area (Å²) in [6.45, 7) is 0. The number of fused-ring (bicyclic) bond motifs is 1. The van der Waals surface area contributed by atoms with Crippen molar-refractivity contribution in [3.63, 3.8) is 0 Å². The van der Waals surface area contributed by atoms with Gasteiger partial charge in [0.05, 0.1) is 30.7 Å². The number of aromatic nitrogens is 6. The van der Waals surface area contributed by atoms with Gasteiger partial charge in [-0.25, -0.2) is 19.6 Å². The lowest BCUT2D eigenvalue weighted by Crippen LogP contribution is -2.00. The Kier molecular flexibility index (Phi) is 3.06. The molecule has 0 aliphatic heterocycles. The molecule has 0 bridgehead atoms. The number of nitrogens with zero attached hydrogens (tertiary/aromatic N) is 6. The molecule has 0 saturated heterocycles. The Morgan fingerprint density at radius 1 is 1.22 bits per heavy atom. The van der Waals surface area contributed by atoms with Gasteiger partial charge in [-0.15, -0.1) is 0 Å². The molecule has 0 atom stereocenters. The number of pyridine rings is 2. The highest BCUT2D eigenvalue weighted by Crippen LogP contribution is 2.25. The van der Waals surface area contributed by atoms with E-state index >= 15 is 0 Å². The third kappa shape index (κ3) is 2.32. The summed E-state index contributed by atoms with van der Waals surface area (Å²) in [6, 6.07) is 9.56. The van der Waals surface area contributed by atoms with Crippen LogP contribution in [-0.2, 0) is 6.42 Å². The van der Waals surface area contributed by atoms with Crippen LogP contribution in [0.4, 0.5) is 0 Å². The maximum Gasteiger partial charge on any atom is 0.157 e. The summed E-state index contributed by atoms with van der Waals surface area (Å²) in [7, 11) is 0. The average molecular weight is 301 g/mol. The van der Waals surface area contributed by atoms with Crippen molar-refractivity contribution in [3.8, 4) is 23.0 Å². The van der Waals surface area contributed by atoms with E-state index in [1.807, 2.05) is 30.5 Å². The minimum absolute atomic E-state index is 0.278. The van der Waals surface area contributed by atoms with Crippen molar-refractivity contribution in [2.75, 3.05) is 0 Å². The Bertz CT molecular complexity index is 1020. The van der Waals surface area contributed by atoms with Crippen molar-refractivity contribution >= 4 is 11.2 Å². The van der Waals surface area contributed by atoms with Gasteiger partial charge in [0.1, 0.15) is 5.52 Å². The summed E-state index contributed by atoms with van der Waals surface area (Å²) in [5.74, 6) is 0.677. The third-order valence-corrected chi connectivity index (χ3v) is 3.50. The van der Waals surface area contributed by atoms with Gasteiger partial charge in [-0.2, -0.15) is 10.4 Å². The van der Waals surface area contributed by atoms with Crippen LogP contribution in [0.5, 0.6) is 0 Å². The van der Waals surface area contributed by atoms with E-state index in [0.717, 1.165) is 28.0 Å². The first-order chi connectivity index (χ1) is 11.3. The molecule has 23 heavy (non-hydrogen) atoms. The van der Waals surface area contributed by atoms with Crippen LogP contribution in [0.1, 0.15) is 5.69 Å². The second-order valence-electron chi connectivity index (χ2n) is 4.95. The quantitative estimate of drug-likeness (QED) is 0.626. The molecule has 0 amide bonds. The van der Waals surface area contributed by atoms with Gasteiger partial charge in [0.15, 0.2) is 11.5 Å². The second kappa shape index (κ2) is 5.35. The second-order valence-corrected chi connectivity index (χ2v) is 4.95. The Morgan fingerprint density at radius 2 is 2.17 bits per heavy atom. The first kappa shape index (κ1) is 13.2. The van der Waals surface area contributed by atoms with Gasteiger partial charge in [-0.3, -0.25) is 0 Å². The number of rotatable bonds is 3. The van der Waals surface area contributed by atoms with Gasteiger partial charge in [0.25, 0.3) is 0 Å². The summed E-state index contributed by atoms with van der Waals surface area (Å²) in [6.07, 6.45) is 7.29. The lowest BCUT2D eigenvalue weighted by molar-refractivity contribution is 0.837. The van der Waals surface area contributed by atoms with Crippen molar-refractivity contribution in [1.29, 1.82) is 5.26 Å². The molecule has 4 heterocycles. The lowest BCUT2D eigenvalue weighted by Gasteiger charge is -2.02. The minimum atomic E-state index is 0.278. The smallest absolute Gasteiger partial charge is 0.157 e. The third-order valence-electron chi connectivity index (χ3n) is 3.50. The van der Waals surface area contributed by atoms with Crippen LogP contribution >= 0.6 is 0 Å². The highest BCUT2D eigenvalue weighted by atomic mass is 15.3. The predicted octanol–water partition coefficient (Wildman–Crippen LogP) is 2.27. The van der Waals surface area contributed by atoms with E-state index in [9.17, 15) is 0 Å². The number of nitrogens with one attached hydrogen (secondary N) is 1. The van der Waals surface area contributed by atoms with Gasteiger partial charge in [0, 0.05) is 23.5 Å². The zero-order chi connectivity index (χ0) is 15.6. The Hall–Kier alpha value is -3.53. The molecule has 4 aromatic rings. The number of nitriles is 1. The SMILES string of the molecule is N#CCc1cccc(-n2cc(-c3ccnc4[nH]cnc34)cn2)n1. The van der Waals surface area contributed by atoms with E-state index in [2.05, 4.69) is 31.1 Å². The van der Waals surface area contributed by atoms with Gasteiger partial charge < -0.3 is 4.98 Å². The van der Waals surface area contributed by atoms with E-state index in [1.165, 1.54) is 0 Å². The topological polar surface area (TPSA) is 96.1 Å². The van der Waals surface area contributed by atoms with E-state index < -0.39 is 0 Å². The molecule has 7 heteroatoms. The summed E-state index contributed by atoms with van der Waals surface area (Å²) in [5, 5.41) is 13.2. The van der Waals surface area contributed by atoms with Gasteiger partial charge in [-0.1, -0.05) is 6.07 Å². The monoisotopic (exact) mass is 301 g/mol. The molecule has 0 unspecified atom stereocenters. The summed E-state index contributed by atoms with van der Waals surface area (Å²) < 4.78 is 1.69. The van der Waals surface area contributed by atoms with E-state index in [0.29, 0.717) is 5.82 Å². The van der Waals surface area contributed by atoms with Crippen molar-refractivity contribution in [1.82, 2.24) is 29.7 Å². The van der Waals surface area contributed by atoms with Crippen LogP contribution in [0, 0.1) is 11.3 Å². The molecule has 4 rings (SSSR count). The lowest BCUT2D eigenvalue weighted by atomic mass is 10.1. The van der Waals surface area contributed by atoms with E-state index in [-0.39, 0.29) is 6.42 Å². The molecule has 0 aliphatic carbocycles. The average Bonchev–Trinajstić information content (AvgIpc) is 3.24. The zero-order valence-corrected chi connectivity index (χ0v) is 12.0. The number of imidazole rings is 1. The Labute approximate surface area is 131 Å². The van der Waals surface area contributed by atoms with Crippen LogP contribution in [0.25, 0.3) is 28.1 Å². The Balaban J connectivity index is 1.76. The predicted molar refractivity (Wildman–Crippen MR) is 83.6 cm³/mol. The van der Waals surface area contributed by atoms with Crippen LogP contribution in [-0.4, -0.2) is 29.7 Å². The maximum atomic E-state index is 8.79. The van der Waals surface area contributed by atoms with Crippen molar-refractivity contribution in [2.24, 2.45) is 0 Å². The van der Waals surface area contributed by atoms with E-state index in [1.54, 1.807) is 23.4 Å².